The summed E-state index contributed by atoms with van der Waals surface area (Å²) >= 11 is 0. The monoisotopic (exact) mass is 438 g/mol. The van der Waals surface area contributed by atoms with Crippen LogP contribution < -0.4 is 15.1 Å². The number of anilines is 2. The molecule has 0 aromatic heterocycles. The summed E-state index contributed by atoms with van der Waals surface area (Å²) in [4.78, 5) is 41.6. The molecule has 0 unspecified atom stereocenters. The maximum absolute atomic E-state index is 12.9. The summed E-state index contributed by atoms with van der Waals surface area (Å²) in [5, 5.41) is 12.6. The number of fused-ring (bicyclic) bond motifs is 1. The first-order chi connectivity index (χ1) is 15.2. The van der Waals surface area contributed by atoms with E-state index in [1.165, 1.54) is 7.11 Å². The van der Waals surface area contributed by atoms with Crippen LogP contribution in [0.4, 0.5) is 11.4 Å². The Morgan fingerprint density at radius 3 is 2.19 bits per heavy atom. The number of benzene rings is 1. The highest BCUT2D eigenvalue weighted by molar-refractivity contribution is 6.03. The average molecular weight is 439 g/mol. The molecule has 0 bridgehead atoms. The van der Waals surface area contributed by atoms with Crippen LogP contribution in [-0.2, 0) is 19.1 Å². The second-order valence-electron chi connectivity index (χ2n) is 8.64. The molecule has 1 aliphatic heterocycles. The molecule has 1 saturated carbocycles. The minimum atomic E-state index is -1.04. The number of esters is 1. The first-order valence-electron chi connectivity index (χ1n) is 10.9. The number of nitrogens with one attached hydrogen (secondary N) is 1. The van der Waals surface area contributed by atoms with Crippen molar-refractivity contribution in [1.82, 2.24) is 5.32 Å². The van der Waals surface area contributed by atoms with Crippen LogP contribution in [-0.4, -0.2) is 44.4 Å². The number of amides is 1. The molecule has 8 heteroatoms. The number of carbonyl (C=O) groups is 3. The number of para-hydroxylation sites is 2. The standard InChI is InChI=1S/C24H30N4O4/c1-16-11-13-24(14-12-16,23(31)32-4)26-21(30)10-9-20(29)17(15-25)22-27(2)18-7-5-6-8-19(18)28(22)3/h5-8,16H,9-14H2,1-4H3,(H,26,30). The van der Waals surface area contributed by atoms with E-state index in [9.17, 15) is 19.6 Å². The Kier molecular flexibility index (Phi) is 6.87. The van der Waals surface area contributed by atoms with Crippen molar-refractivity contribution in [3.63, 3.8) is 0 Å². The zero-order valence-electron chi connectivity index (χ0n) is 19.1. The van der Waals surface area contributed by atoms with Crippen LogP contribution in [0.3, 0.4) is 0 Å². The van der Waals surface area contributed by atoms with Crippen LogP contribution >= 0.6 is 0 Å². The molecular weight excluding hydrogens is 408 g/mol. The van der Waals surface area contributed by atoms with Gasteiger partial charge in [-0.05, 0) is 43.7 Å². The van der Waals surface area contributed by atoms with Gasteiger partial charge in [-0.25, -0.2) is 4.79 Å². The molecule has 0 atom stereocenters. The Morgan fingerprint density at radius 2 is 1.69 bits per heavy atom. The van der Waals surface area contributed by atoms with Gasteiger partial charge in [0.05, 0.1) is 18.5 Å². The van der Waals surface area contributed by atoms with E-state index in [4.69, 9.17) is 4.74 Å². The van der Waals surface area contributed by atoms with Gasteiger partial charge in [0.1, 0.15) is 23.0 Å². The summed E-state index contributed by atoms with van der Waals surface area (Å²) in [7, 11) is 4.92. The van der Waals surface area contributed by atoms with Crippen molar-refractivity contribution >= 4 is 29.0 Å². The lowest BCUT2D eigenvalue weighted by atomic mass is 9.77. The SMILES string of the molecule is COC(=O)C1(NC(=O)CCC(=O)C(C#N)=C2N(C)c3ccccc3N2C)CCC(C)CC1. The minimum absolute atomic E-state index is 0.00757. The van der Waals surface area contributed by atoms with E-state index in [-0.39, 0.29) is 18.4 Å². The molecule has 0 spiro atoms. The third-order valence-corrected chi connectivity index (χ3v) is 6.52. The van der Waals surface area contributed by atoms with Gasteiger partial charge in [-0.2, -0.15) is 5.26 Å². The van der Waals surface area contributed by atoms with Crippen LogP contribution in [0.5, 0.6) is 0 Å². The number of nitriles is 1. The first-order valence-corrected chi connectivity index (χ1v) is 10.9. The lowest BCUT2D eigenvalue weighted by Gasteiger charge is -2.37. The van der Waals surface area contributed by atoms with Gasteiger partial charge in [0.25, 0.3) is 0 Å². The van der Waals surface area contributed by atoms with E-state index in [1.807, 2.05) is 30.3 Å². The smallest absolute Gasteiger partial charge is 0.331 e. The van der Waals surface area contributed by atoms with E-state index in [0.717, 1.165) is 24.2 Å². The lowest BCUT2D eigenvalue weighted by molar-refractivity contribution is -0.153. The second-order valence-corrected chi connectivity index (χ2v) is 8.64. The van der Waals surface area contributed by atoms with E-state index in [1.54, 1.807) is 23.9 Å². The zero-order valence-corrected chi connectivity index (χ0v) is 19.1. The lowest BCUT2D eigenvalue weighted by Crippen LogP contribution is -2.56. The maximum atomic E-state index is 12.9. The Bertz CT molecular complexity index is 955. The number of hydrogen-bond acceptors (Lipinski definition) is 7. The van der Waals surface area contributed by atoms with Gasteiger partial charge in [-0.1, -0.05) is 19.1 Å². The molecule has 32 heavy (non-hydrogen) atoms. The molecule has 1 aromatic rings. The van der Waals surface area contributed by atoms with Gasteiger partial charge in [-0.15, -0.1) is 0 Å². The molecule has 2 aliphatic rings. The topological polar surface area (TPSA) is 103 Å². The molecule has 8 nitrogen and oxygen atoms in total. The number of allylic oxidation sites excluding steroid dienone is 1. The summed E-state index contributed by atoms with van der Waals surface area (Å²) in [5.74, 6) is -0.270. The van der Waals surface area contributed by atoms with Crippen molar-refractivity contribution in [2.24, 2.45) is 5.92 Å². The van der Waals surface area contributed by atoms with Crippen molar-refractivity contribution in [2.75, 3.05) is 31.0 Å². The number of carbonyl (C=O) groups excluding carboxylic acids is 3. The van der Waals surface area contributed by atoms with Crippen molar-refractivity contribution in [2.45, 2.75) is 51.0 Å². The van der Waals surface area contributed by atoms with Crippen molar-refractivity contribution in [1.29, 1.82) is 5.26 Å². The number of hydrogen-bond donors (Lipinski definition) is 1. The summed E-state index contributed by atoms with van der Waals surface area (Å²) in [6.45, 7) is 2.12. The van der Waals surface area contributed by atoms with Crippen LogP contribution in [0.25, 0.3) is 0 Å². The molecule has 1 aliphatic carbocycles. The highest BCUT2D eigenvalue weighted by Crippen LogP contribution is 2.40. The van der Waals surface area contributed by atoms with Crippen LogP contribution in [0.1, 0.15) is 45.4 Å². The molecule has 1 N–H and O–H groups in total. The highest BCUT2D eigenvalue weighted by atomic mass is 16.5. The number of rotatable bonds is 6. The normalized spacial score (nSPS) is 22.1. The third kappa shape index (κ3) is 4.33. The van der Waals surface area contributed by atoms with Gasteiger partial charge in [0.15, 0.2) is 5.78 Å². The third-order valence-electron chi connectivity index (χ3n) is 6.52. The van der Waals surface area contributed by atoms with E-state index >= 15 is 0 Å². The number of ketones is 1. The van der Waals surface area contributed by atoms with Crippen molar-refractivity contribution in [3.05, 3.63) is 35.7 Å². The summed E-state index contributed by atoms with van der Waals surface area (Å²) in [6, 6.07) is 9.66. The van der Waals surface area contributed by atoms with Crippen molar-refractivity contribution < 1.29 is 19.1 Å². The molecule has 1 aromatic carbocycles. The van der Waals surface area contributed by atoms with Gasteiger partial charge < -0.3 is 19.9 Å². The Morgan fingerprint density at radius 1 is 1.12 bits per heavy atom. The molecule has 3 rings (SSSR count). The largest absolute Gasteiger partial charge is 0.467 e. The van der Waals surface area contributed by atoms with Gasteiger partial charge in [0, 0.05) is 26.9 Å². The molecule has 1 fully saturated rings. The number of nitrogens with zero attached hydrogens (tertiary/aromatic N) is 3. The molecule has 0 radical (unpaired) electrons. The number of methoxy groups -OCH3 is 1. The van der Waals surface area contributed by atoms with Gasteiger partial charge in [-0.3, -0.25) is 9.59 Å². The van der Waals surface area contributed by atoms with Crippen LogP contribution in [0.2, 0.25) is 0 Å². The van der Waals surface area contributed by atoms with Gasteiger partial charge in [0.2, 0.25) is 5.91 Å². The van der Waals surface area contributed by atoms with Crippen molar-refractivity contribution in [3.8, 4) is 6.07 Å². The summed E-state index contributed by atoms with van der Waals surface area (Å²) < 4.78 is 4.95. The second kappa shape index (κ2) is 9.43. The van der Waals surface area contributed by atoms with Crippen LogP contribution in [0, 0.1) is 17.2 Å². The quantitative estimate of drug-likeness (QED) is 0.414. The maximum Gasteiger partial charge on any atom is 0.331 e. The highest BCUT2D eigenvalue weighted by Gasteiger charge is 2.43. The predicted octanol–water partition coefficient (Wildman–Crippen LogP) is 2.90. The van der Waals surface area contributed by atoms with E-state index < -0.39 is 23.2 Å². The molecule has 1 heterocycles. The molecular formula is C24H30N4O4. The van der Waals surface area contributed by atoms with E-state index in [0.29, 0.717) is 24.6 Å². The summed E-state index contributed by atoms with van der Waals surface area (Å²) in [5.41, 5.74) is 0.767. The zero-order chi connectivity index (χ0) is 23.5. The molecule has 0 saturated heterocycles. The fraction of sp³-hybridized carbons (Fsp3) is 0.500. The average Bonchev–Trinajstić information content (AvgIpc) is 3.05. The Balaban J connectivity index is 1.70. The van der Waals surface area contributed by atoms with E-state index in [2.05, 4.69) is 12.2 Å². The first kappa shape index (κ1) is 23.3. The van der Waals surface area contributed by atoms with Gasteiger partial charge >= 0.3 is 5.97 Å². The Labute approximate surface area is 188 Å². The number of ether oxygens (including phenoxy) is 1. The Hall–Kier alpha value is -3.34. The van der Waals surface area contributed by atoms with Crippen LogP contribution in [0.15, 0.2) is 35.7 Å². The predicted molar refractivity (Wildman–Crippen MR) is 121 cm³/mol. The molecule has 1 amide bonds. The minimum Gasteiger partial charge on any atom is -0.467 e. The summed E-state index contributed by atoms with van der Waals surface area (Å²) in [6.07, 6.45) is 2.44. The number of Topliss-reactive ketones (excluding diaryl/α,β-unsaturated/α-hetero) is 1. The fourth-order valence-electron chi connectivity index (χ4n) is 4.57. The fourth-order valence-corrected chi connectivity index (χ4v) is 4.57. The molecule has 170 valence electrons.